The number of carbonyl (C=O) groups is 1. The van der Waals surface area contributed by atoms with Gasteiger partial charge in [0, 0.05) is 25.8 Å². The van der Waals surface area contributed by atoms with Crippen LogP contribution in [-0.4, -0.2) is 30.1 Å². The van der Waals surface area contributed by atoms with Gasteiger partial charge >= 0.3 is 0 Å². The van der Waals surface area contributed by atoms with E-state index in [9.17, 15) is 4.79 Å². The standard InChI is InChI=1S/C16H21N3O/c1-2-17-10-11-18-16(20)15-9-6-12-19(15)13-14-7-4-3-5-8-14/h3-9,12,17H,2,10-11,13H2,1H3,(H,18,20). The van der Waals surface area contributed by atoms with Gasteiger partial charge in [0.15, 0.2) is 0 Å². The normalized spacial score (nSPS) is 10.4. The zero-order valence-corrected chi connectivity index (χ0v) is 11.8. The van der Waals surface area contributed by atoms with Crippen LogP contribution < -0.4 is 10.6 Å². The van der Waals surface area contributed by atoms with Crippen molar-refractivity contribution in [2.45, 2.75) is 13.5 Å². The van der Waals surface area contributed by atoms with Crippen molar-refractivity contribution in [3.8, 4) is 0 Å². The Kier molecular flexibility index (Phi) is 5.38. The summed E-state index contributed by atoms with van der Waals surface area (Å²) >= 11 is 0. The minimum absolute atomic E-state index is 0.0242. The molecule has 1 aromatic heterocycles. The molecular weight excluding hydrogens is 250 g/mol. The van der Waals surface area contributed by atoms with Crippen LogP contribution in [-0.2, 0) is 6.54 Å². The molecule has 1 amide bonds. The smallest absolute Gasteiger partial charge is 0.267 e. The van der Waals surface area contributed by atoms with Crippen molar-refractivity contribution < 1.29 is 4.79 Å². The van der Waals surface area contributed by atoms with Gasteiger partial charge in [-0.3, -0.25) is 4.79 Å². The maximum absolute atomic E-state index is 12.1. The van der Waals surface area contributed by atoms with Crippen LogP contribution in [0.1, 0.15) is 23.0 Å². The van der Waals surface area contributed by atoms with Gasteiger partial charge in [-0.1, -0.05) is 37.3 Å². The highest BCUT2D eigenvalue weighted by Gasteiger charge is 2.10. The van der Waals surface area contributed by atoms with Crippen LogP contribution in [0, 0.1) is 0 Å². The van der Waals surface area contributed by atoms with E-state index in [1.165, 1.54) is 5.56 Å². The molecule has 0 aliphatic heterocycles. The summed E-state index contributed by atoms with van der Waals surface area (Å²) in [5.74, 6) is -0.0242. The lowest BCUT2D eigenvalue weighted by Gasteiger charge is -2.10. The molecule has 0 unspecified atom stereocenters. The van der Waals surface area contributed by atoms with E-state index >= 15 is 0 Å². The molecule has 20 heavy (non-hydrogen) atoms. The predicted molar refractivity (Wildman–Crippen MR) is 80.9 cm³/mol. The lowest BCUT2D eigenvalue weighted by atomic mass is 10.2. The molecule has 2 rings (SSSR count). The molecule has 106 valence electrons. The van der Waals surface area contributed by atoms with Gasteiger partial charge < -0.3 is 15.2 Å². The second-order valence-electron chi connectivity index (χ2n) is 4.62. The Bertz CT molecular complexity index is 534. The van der Waals surface area contributed by atoms with E-state index < -0.39 is 0 Å². The topological polar surface area (TPSA) is 46.1 Å². The molecule has 2 N–H and O–H groups in total. The molecule has 0 spiro atoms. The molecule has 0 atom stereocenters. The summed E-state index contributed by atoms with van der Waals surface area (Å²) < 4.78 is 1.97. The molecule has 1 heterocycles. The largest absolute Gasteiger partial charge is 0.349 e. The molecule has 1 aromatic carbocycles. The highest BCUT2D eigenvalue weighted by Crippen LogP contribution is 2.07. The van der Waals surface area contributed by atoms with Crippen molar-refractivity contribution >= 4 is 5.91 Å². The van der Waals surface area contributed by atoms with Crippen LogP contribution in [0.2, 0.25) is 0 Å². The number of nitrogens with one attached hydrogen (secondary N) is 2. The first-order chi connectivity index (χ1) is 9.81. The van der Waals surface area contributed by atoms with Crippen molar-refractivity contribution in [1.29, 1.82) is 0 Å². The molecule has 0 aliphatic carbocycles. The minimum atomic E-state index is -0.0242. The number of carbonyl (C=O) groups excluding carboxylic acids is 1. The van der Waals surface area contributed by atoms with Crippen molar-refractivity contribution in [2.75, 3.05) is 19.6 Å². The monoisotopic (exact) mass is 271 g/mol. The lowest BCUT2D eigenvalue weighted by Crippen LogP contribution is -2.32. The molecule has 0 fully saturated rings. The molecule has 0 saturated carbocycles. The molecule has 2 aromatic rings. The predicted octanol–water partition coefficient (Wildman–Crippen LogP) is 1.88. The summed E-state index contributed by atoms with van der Waals surface area (Å²) in [5.41, 5.74) is 1.88. The molecule has 0 radical (unpaired) electrons. The zero-order valence-electron chi connectivity index (χ0n) is 11.8. The Morgan fingerprint density at radius 2 is 1.90 bits per heavy atom. The van der Waals surface area contributed by atoms with Crippen LogP contribution in [0.25, 0.3) is 0 Å². The fraction of sp³-hybridized carbons (Fsp3) is 0.312. The van der Waals surface area contributed by atoms with E-state index in [0.29, 0.717) is 18.8 Å². The number of likely N-dealkylation sites (N-methyl/N-ethyl adjacent to an activating group) is 1. The van der Waals surface area contributed by atoms with E-state index in [2.05, 4.69) is 22.8 Å². The fourth-order valence-electron chi connectivity index (χ4n) is 2.07. The summed E-state index contributed by atoms with van der Waals surface area (Å²) in [6.45, 7) is 5.11. The first-order valence-electron chi connectivity index (χ1n) is 6.99. The third-order valence-corrected chi connectivity index (χ3v) is 3.10. The first kappa shape index (κ1) is 14.3. The number of amides is 1. The quantitative estimate of drug-likeness (QED) is 0.755. The van der Waals surface area contributed by atoms with Gasteiger partial charge in [-0.05, 0) is 24.2 Å². The molecule has 4 heteroatoms. The number of rotatable bonds is 7. The van der Waals surface area contributed by atoms with Gasteiger partial charge in [0.05, 0.1) is 0 Å². The van der Waals surface area contributed by atoms with E-state index in [1.807, 2.05) is 48.0 Å². The Morgan fingerprint density at radius 3 is 2.65 bits per heavy atom. The number of hydrogen-bond donors (Lipinski definition) is 2. The van der Waals surface area contributed by atoms with Crippen molar-refractivity contribution in [2.24, 2.45) is 0 Å². The van der Waals surface area contributed by atoms with Crippen LogP contribution in [0.4, 0.5) is 0 Å². The molecule has 0 bridgehead atoms. The zero-order chi connectivity index (χ0) is 14.2. The maximum Gasteiger partial charge on any atom is 0.267 e. The van der Waals surface area contributed by atoms with Gasteiger partial charge in [-0.25, -0.2) is 0 Å². The van der Waals surface area contributed by atoms with Crippen molar-refractivity contribution in [3.05, 3.63) is 59.9 Å². The second-order valence-corrected chi connectivity index (χ2v) is 4.62. The minimum Gasteiger partial charge on any atom is -0.349 e. The van der Waals surface area contributed by atoms with E-state index in [4.69, 9.17) is 0 Å². The summed E-state index contributed by atoms with van der Waals surface area (Å²) in [5, 5.41) is 6.11. The highest BCUT2D eigenvalue weighted by atomic mass is 16.1. The third-order valence-electron chi connectivity index (χ3n) is 3.10. The number of nitrogens with zero attached hydrogens (tertiary/aromatic N) is 1. The van der Waals surface area contributed by atoms with Gasteiger partial charge in [-0.15, -0.1) is 0 Å². The Labute approximate surface area is 119 Å². The maximum atomic E-state index is 12.1. The number of benzene rings is 1. The molecule has 0 saturated heterocycles. The third kappa shape index (κ3) is 3.96. The van der Waals surface area contributed by atoms with Crippen LogP contribution in [0.5, 0.6) is 0 Å². The Balaban J connectivity index is 1.96. The van der Waals surface area contributed by atoms with Crippen molar-refractivity contribution in [3.63, 3.8) is 0 Å². The van der Waals surface area contributed by atoms with Gasteiger partial charge in [0.2, 0.25) is 0 Å². The molecule has 0 aliphatic rings. The highest BCUT2D eigenvalue weighted by molar-refractivity contribution is 5.92. The van der Waals surface area contributed by atoms with E-state index in [1.54, 1.807) is 0 Å². The average Bonchev–Trinajstić information content (AvgIpc) is 2.93. The molecule has 4 nitrogen and oxygen atoms in total. The van der Waals surface area contributed by atoms with Crippen LogP contribution in [0.3, 0.4) is 0 Å². The molecular formula is C16H21N3O. The summed E-state index contributed by atoms with van der Waals surface area (Å²) in [4.78, 5) is 12.1. The van der Waals surface area contributed by atoms with E-state index in [0.717, 1.165) is 13.1 Å². The second kappa shape index (κ2) is 7.50. The lowest BCUT2D eigenvalue weighted by molar-refractivity contribution is 0.0945. The van der Waals surface area contributed by atoms with E-state index in [-0.39, 0.29) is 5.91 Å². The van der Waals surface area contributed by atoms with Gasteiger partial charge in [0.25, 0.3) is 5.91 Å². The van der Waals surface area contributed by atoms with Crippen LogP contribution in [0.15, 0.2) is 48.7 Å². The average molecular weight is 271 g/mol. The van der Waals surface area contributed by atoms with Crippen molar-refractivity contribution in [1.82, 2.24) is 15.2 Å². The van der Waals surface area contributed by atoms with Gasteiger partial charge in [0.1, 0.15) is 5.69 Å². The Morgan fingerprint density at radius 1 is 1.10 bits per heavy atom. The summed E-state index contributed by atoms with van der Waals surface area (Å²) in [7, 11) is 0. The number of aromatic nitrogens is 1. The Hall–Kier alpha value is -2.07. The summed E-state index contributed by atoms with van der Waals surface area (Å²) in [6.07, 6.45) is 1.94. The fourth-order valence-corrected chi connectivity index (χ4v) is 2.07. The number of hydrogen-bond acceptors (Lipinski definition) is 2. The van der Waals surface area contributed by atoms with Crippen LogP contribution >= 0.6 is 0 Å². The summed E-state index contributed by atoms with van der Waals surface area (Å²) in [6, 6.07) is 13.9. The SMILES string of the molecule is CCNCCNC(=O)c1cccn1Cc1ccccc1. The first-order valence-corrected chi connectivity index (χ1v) is 6.99. The van der Waals surface area contributed by atoms with Gasteiger partial charge in [-0.2, -0.15) is 0 Å².